The van der Waals surface area contributed by atoms with Crippen molar-refractivity contribution in [3.8, 4) is 5.75 Å². The minimum Gasteiger partial charge on any atom is -0.508 e. The Balaban J connectivity index is 1.23. The number of hydrogen-bond acceptors (Lipinski definition) is 3. The number of phenols is 1. The molecule has 0 radical (unpaired) electrons. The molecule has 0 aromatic heterocycles. The molecule has 2 aromatic rings. The Bertz CT molecular complexity index is 1030. The summed E-state index contributed by atoms with van der Waals surface area (Å²) >= 11 is 0. The Morgan fingerprint density at radius 3 is 2.79 bits per heavy atom. The van der Waals surface area contributed by atoms with Crippen LogP contribution in [0.3, 0.4) is 0 Å². The second-order valence-electron chi connectivity index (χ2n) is 10.7. The summed E-state index contributed by atoms with van der Waals surface area (Å²) in [6, 6.07) is 15.9. The number of carbonyl (C=O) groups excluding carboxylic acids is 2. The third-order valence-electron chi connectivity index (χ3n) is 8.87. The van der Waals surface area contributed by atoms with Gasteiger partial charge in [0.2, 0.25) is 5.91 Å². The maximum absolute atomic E-state index is 13.1. The Morgan fingerprint density at radius 2 is 1.97 bits per heavy atom. The maximum Gasteiger partial charge on any atom is 0.220 e. The van der Waals surface area contributed by atoms with Gasteiger partial charge in [-0.15, -0.1) is 0 Å². The number of hydrogen-bond donors (Lipinski definition) is 2. The van der Waals surface area contributed by atoms with E-state index in [1.54, 1.807) is 0 Å². The van der Waals surface area contributed by atoms with E-state index in [-0.39, 0.29) is 11.3 Å². The van der Waals surface area contributed by atoms with Gasteiger partial charge in [0.15, 0.2) is 0 Å². The van der Waals surface area contributed by atoms with Crippen LogP contribution >= 0.6 is 0 Å². The molecule has 2 saturated carbocycles. The number of carbonyl (C=O) groups is 2. The summed E-state index contributed by atoms with van der Waals surface area (Å²) in [5, 5.41) is 13.0. The van der Waals surface area contributed by atoms with E-state index in [1.807, 2.05) is 42.5 Å². The Kier molecular flexibility index (Phi) is 6.03. The molecule has 174 valence electrons. The summed E-state index contributed by atoms with van der Waals surface area (Å²) in [5.41, 5.74) is 3.60. The van der Waals surface area contributed by atoms with E-state index in [2.05, 4.69) is 18.3 Å². The number of ketones is 1. The average Bonchev–Trinajstić information content (AvgIpc) is 3.08. The van der Waals surface area contributed by atoms with Crippen molar-refractivity contribution in [3.05, 3.63) is 65.2 Å². The highest BCUT2D eigenvalue weighted by Crippen LogP contribution is 2.62. The zero-order valence-electron chi connectivity index (χ0n) is 19.6. The van der Waals surface area contributed by atoms with Gasteiger partial charge in [0.05, 0.1) is 0 Å². The molecule has 33 heavy (non-hydrogen) atoms. The van der Waals surface area contributed by atoms with Crippen LogP contribution in [0.15, 0.2) is 48.5 Å². The molecule has 0 aliphatic heterocycles. The van der Waals surface area contributed by atoms with E-state index in [4.69, 9.17) is 0 Å². The van der Waals surface area contributed by atoms with Crippen LogP contribution in [-0.2, 0) is 22.6 Å². The van der Waals surface area contributed by atoms with E-state index in [9.17, 15) is 14.7 Å². The first-order valence-corrected chi connectivity index (χ1v) is 12.6. The van der Waals surface area contributed by atoms with Crippen LogP contribution in [0.1, 0.15) is 74.5 Å². The van der Waals surface area contributed by atoms with Crippen molar-refractivity contribution < 1.29 is 14.7 Å². The van der Waals surface area contributed by atoms with Crippen molar-refractivity contribution in [1.82, 2.24) is 5.32 Å². The molecule has 0 bridgehead atoms. The molecule has 2 fully saturated rings. The molecule has 5 atom stereocenters. The highest BCUT2D eigenvalue weighted by molar-refractivity contribution is 5.87. The number of rotatable bonds is 6. The molecule has 2 aromatic carbocycles. The van der Waals surface area contributed by atoms with Crippen LogP contribution in [0.5, 0.6) is 5.75 Å². The predicted octanol–water partition coefficient (Wildman–Crippen LogP) is 5.53. The molecule has 4 unspecified atom stereocenters. The highest BCUT2D eigenvalue weighted by Gasteiger charge is 2.58. The Hall–Kier alpha value is -2.62. The van der Waals surface area contributed by atoms with Gasteiger partial charge in [-0.3, -0.25) is 9.59 Å². The largest absolute Gasteiger partial charge is 0.508 e. The van der Waals surface area contributed by atoms with Gasteiger partial charge < -0.3 is 10.4 Å². The lowest BCUT2D eigenvalue weighted by atomic mass is 9.54. The van der Waals surface area contributed by atoms with Crippen molar-refractivity contribution in [1.29, 1.82) is 0 Å². The van der Waals surface area contributed by atoms with Crippen molar-refractivity contribution in [2.75, 3.05) is 0 Å². The molecule has 0 spiro atoms. The quantitative estimate of drug-likeness (QED) is 0.614. The smallest absolute Gasteiger partial charge is 0.220 e. The van der Waals surface area contributed by atoms with Crippen LogP contribution < -0.4 is 5.32 Å². The summed E-state index contributed by atoms with van der Waals surface area (Å²) in [6.45, 7) is 2.79. The van der Waals surface area contributed by atoms with Gasteiger partial charge in [-0.05, 0) is 91.0 Å². The third kappa shape index (κ3) is 4.20. The molecule has 0 heterocycles. The molecule has 4 heteroatoms. The van der Waals surface area contributed by atoms with Crippen molar-refractivity contribution >= 4 is 11.7 Å². The molecular weight excluding hydrogens is 410 g/mol. The van der Waals surface area contributed by atoms with E-state index >= 15 is 0 Å². The van der Waals surface area contributed by atoms with Crippen molar-refractivity contribution in [2.45, 2.75) is 70.8 Å². The SMILES string of the molecule is CC12CCC3c4ccc(O)cc4CCC3C1[C@@H](CCCC(=O)NCc1ccccc1)CC2=O. The lowest BCUT2D eigenvalue weighted by Gasteiger charge is -2.50. The number of phenolic OH excluding ortho intramolecular Hbond substituents is 1. The van der Waals surface area contributed by atoms with Crippen LogP contribution in [0.2, 0.25) is 0 Å². The fourth-order valence-electron chi connectivity index (χ4n) is 7.30. The molecule has 1 amide bonds. The number of aromatic hydroxyl groups is 1. The average molecular weight is 446 g/mol. The monoisotopic (exact) mass is 445 g/mol. The molecule has 5 rings (SSSR count). The standard InChI is InChI=1S/C29H35NO3/c1-29-15-14-24-23-13-11-22(31)16-20(23)10-12-25(24)28(29)21(17-26(29)32)8-5-9-27(33)30-18-19-6-3-2-4-7-19/h2-4,6-7,11,13,16,21,24-25,28,31H,5,8-10,12,14-15,17-18H2,1H3,(H,30,33)/t21-,24?,25?,28?,29?/m0/s1. The number of fused-ring (bicyclic) bond motifs is 5. The van der Waals surface area contributed by atoms with Crippen LogP contribution in [0.25, 0.3) is 0 Å². The van der Waals surface area contributed by atoms with E-state index in [0.717, 1.165) is 44.1 Å². The maximum atomic E-state index is 13.1. The van der Waals surface area contributed by atoms with E-state index < -0.39 is 0 Å². The molecule has 3 aliphatic carbocycles. The number of benzene rings is 2. The highest BCUT2D eigenvalue weighted by atomic mass is 16.3. The summed E-state index contributed by atoms with van der Waals surface area (Å²) < 4.78 is 0. The van der Waals surface area contributed by atoms with Gasteiger partial charge in [-0.1, -0.05) is 43.3 Å². The Labute approximate surface area is 196 Å². The van der Waals surface area contributed by atoms with Gasteiger partial charge in [0.25, 0.3) is 0 Å². The molecule has 4 nitrogen and oxygen atoms in total. The summed E-state index contributed by atoms with van der Waals surface area (Å²) in [5.74, 6) is 2.72. The zero-order chi connectivity index (χ0) is 23.0. The predicted molar refractivity (Wildman–Crippen MR) is 129 cm³/mol. The molecular formula is C29H35NO3. The second-order valence-corrected chi connectivity index (χ2v) is 10.7. The van der Waals surface area contributed by atoms with E-state index in [0.29, 0.717) is 54.6 Å². The summed E-state index contributed by atoms with van der Waals surface area (Å²) in [7, 11) is 0. The molecule has 0 saturated heterocycles. The Morgan fingerprint density at radius 1 is 1.15 bits per heavy atom. The van der Waals surface area contributed by atoms with Gasteiger partial charge in [-0.25, -0.2) is 0 Å². The van der Waals surface area contributed by atoms with Crippen molar-refractivity contribution in [3.63, 3.8) is 0 Å². The van der Waals surface area contributed by atoms with Crippen LogP contribution in [-0.4, -0.2) is 16.8 Å². The minimum atomic E-state index is -0.199. The normalized spacial score (nSPS) is 30.3. The lowest BCUT2D eigenvalue weighted by molar-refractivity contribution is -0.129. The zero-order valence-corrected chi connectivity index (χ0v) is 19.6. The number of amides is 1. The van der Waals surface area contributed by atoms with Crippen LogP contribution in [0.4, 0.5) is 0 Å². The van der Waals surface area contributed by atoms with Gasteiger partial charge in [0.1, 0.15) is 11.5 Å². The van der Waals surface area contributed by atoms with Gasteiger partial charge in [-0.2, -0.15) is 0 Å². The fourth-order valence-corrected chi connectivity index (χ4v) is 7.30. The first kappa shape index (κ1) is 22.2. The second kappa shape index (κ2) is 8.96. The topological polar surface area (TPSA) is 66.4 Å². The van der Waals surface area contributed by atoms with Gasteiger partial charge >= 0.3 is 0 Å². The summed E-state index contributed by atoms with van der Waals surface area (Å²) in [4.78, 5) is 25.5. The van der Waals surface area contributed by atoms with Crippen molar-refractivity contribution in [2.24, 2.45) is 23.2 Å². The fraction of sp³-hybridized carbons (Fsp3) is 0.517. The van der Waals surface area contributed by atoms with Gasteiger partial charge in [0, 0.05) is 24.8 Å². The minimum absolute atomic E-state index is 0.0962. The number of nitrogens with one attached hydrogen (secondary N) is 1. The molecule has 2 N–H and O–H groups in total. The lowest BCUT2D eigenvalue weighted by Crippen LogP contribution is -2.44. The number of aryl methyl sites for hydroxylation is 1. The first-order valence-electron chi connectivity index (χ1n) is 12.6. The third-order valence-corrected chi connectivity index (χ3v) is 8.87. The first-order chi connectivity index (χ1) is 16.0. The van der Waals surface area contributed by atoms with Crippen LogP contribution in [0, 0.1) is 23.2 Å². The summed E-state index contributed by atoms with van der Waals surface area (Å²) in [6.07, 6.45) is 7.11. The van der Waals surface area contributed by atoms with E-state index in [1.165, 1.54) is 11.1 Å². The number of Topliss-reactive ketones (excluding diaryl/α,β-unsaturated/α-hetero) is 1. The molecule has 3 aliphatic rings.